The average molecular weight is 137 g/mol. The molecule has 1 heteroatoms. The first kappa shape index (κ1) is 7.39. The molecule has 0 radical (unpaired) electrons. The van der Waals surface area contributed by atoms with Crippen molar-refractivity contribution in [1.82, 2.24) is 4.90 Å². The summed E-state index contributed by atoms with van der Waals surface area (Å²) in [5.74, 6) is 0. The van der Waals surface area contributed by atoms with E-state index in [4.69, 9.17) is 0 Å². The van der Waals surface area contributed by atoms with Gasteiger partial charge in [0.15, 0.2) is 0 Å². The molecule has 1 aliphatic heterocycles. The summed E-state index contributed by atoms with van der Waals surface area (Å²) in [7, 11) is 2.13. The fourth-order valence-electron chi connectivity index (χ4n) is 1.23. The predicted molar refractivity (Wildman–Crippen MR) is 44.8 cm³/mol. The molecule has 0 saturated heterocycles. The van der Waals surface area contributed by atoms with Gasteiger partial charge in [0.1, 0.15) is 0 Å². The quantitative estimate of drug-likeness (QED) is 0.535. The minimum Gasteiger partial charge on any atom is -0.374 e. The van der Waals surface area contributed by atoms with E-state index in [1.54, 1.807) is 0 Å². The third-order valence-corrected chi connectivity index (χ3v) is 2.12. The minimum atomic E-state index is 1.06. The Morgan fingerprint density at radius 2 is 2.30 bits per heavy atom. The molecule has 10 heavy (non-hydrogen) atoms. The van der Waals surface area contributed by atoms with Gasteiger partial charge in [0, 0.05) is 19.3 Å². The molecule has 1 nitrogen and oxygen atoms in total. The Morgan fingerprint density at radius 1 is 1.60 bits per heavy atom. The monoisotopic (exact) mass is 137 g/mol. The highest BCUT2D eigenvalue weighted by atomic mass is 15.1. The maximum atomic E-state index is 2.28. The van der Waals surface area contributed by atoms with Gasteiger partial charge in [-0.05, 0) is 18.9 Å². The maximum absolute atomic E-state index is 2.28. The molecule has 0 aromatic carbocycles. The van der Waals surface area contributed by atoms with E-state index in [0.717, 1.165) is 13.0 Å². The molecule has 0 atom stereocenters. The van der Waals surface area contributed by atoms with Crippen molar-refractivity contribution in [1.29, 1.82) is 0 Å². The van der Waals surface area contributed by atoms with Crippen molar-refractivity contribution < 1.29 is 0 Å². The summed E-state index contributed by atoms with van der Waals surface area (Å²) < 4.78 is 0. The van der Waals surface area contributed by atoms with Crippen LogP contribution in [0.5, 0.6) is 0 Å². The van der Waals surface area contributed by atoms with E-state index < -0.39 is 0 Å². The van der Waals surface area contributed by atoms with Gasteiger partial charge in [-0.1, -0.05) is 19.1 Å². The molecule has 0 bridgehead atoms. The van der Waals surface area contributed by atoms with Crippen molar-refractivity contribution in [2.45, 2.75) is 20.3 Å². The lowest BCUT2D eigenvalue weighted by Crippen LogP contribution is -2.19. The lowest BCUT2D eigenvalue weighted by molar-refractivity contribution is 0.453. The first-order chi connectivity index (χ1) is 4.75. The lowest BCUT2D eigenvalue weighted by Gasteiger charge is -2.23. The third kappa shape index (κ3) is 1.23. The SMILES string of the molecule is CCC1=C(C)N(C)CC=C1. The van der Waals surface area contributed by atoms with Crippen LogP contribution in [0.15, 0.2) is 23.4 Å². The molecule has 0 spiro atoms. The summed E-state index contributed by atoms with van der Waals surface area (Å²) in [6, 6.07) is 0. The Hall–Kier alpha value is -0.720. The zero-order valence-corrected chi connectivity index (χ0v) is 7.02. The van der Waals surface area contributed by atoms with Crippen LogP contribution in [0.4, 0.5) is 0 Å². The number of rotatable bonds is 1. The molecule has 1 rings (SSSR count). The molecule has 0 aliphatic carbocycles. The van der Waals surface area contributed by atoms with E-state index in [0.29, 0.717) is 0 Å². The van der Waals surface area contributed by atoms with Gasteiger partial charge in [0.05, 0.1) is 0 Å². The van der Waals surface area contributed by atoms with Crippen molar-refractivity contribution in [2.75, 3.05) is 13.6 Å². The summed E-state index contributed by atoms with van der Waals surface area (Å²) in [6.45, 7) is 5.44. The predicted octanol–water partition coefficient (Wildman–Crippen LogP) is 2.17. The summed E-state index contributed by atoms with van der Waals surface area (Å²) in [4.78, 5) is 2.28. The van der Waals surface area contributed by atoms with Gasteiger partial charge in [-0.15, -0.1) is 0 Å². The van der Waals surface area contributed by atoms with Crippen LogP contribution in [0.1, 0.15) is 20.3 Å². The Bertz CT molecular complexity index is 177. The van der Waals surface area contributed by atoms with E-state index in [-0.39, 0.29) is 0 Å². The van der Waals surface area contributed by atoms with E-state index in [1.165, 1.54) is 11.3 Å². The Morgan fingerprint density at radius 3 is 2.80 bits per heavy atom. The van der Waals surface area contributed by atoms with Gasteiger partial charge in [0.2, 0.25) is 0 Å². The van der Waals surface area contributed by atoms with Gasteiger partial charge in [-0.25, -0.2) is 0 Å². The molecule has 1 heterocycles. The largest absolute Gasteiger partial charge is 0.374 e. The van der Waals surface area contributed by atoms with Crippen LogP contribution in [-0.2, 0) is 0 Å². The Balaban J connectivity index is 2.82. The number of hydrogen-bond acceptors (Lipinski definition) is 1. The van der Waals surface area contributed by atoms with E-state index in [2.05, 4.69) is 37.9 Å². The van der Waals surface area contributed by atoms with Crippen LogP contribution < -0.4 is 0 Å². The second kappa shape index (κ2) is 2.91. The first-order valence-corrected chi connectivity index (χ1v) is 3.83. The van der Waals surface area contributed by atoms with Crippen molar-refractivity contribution >= 4 is 0 Å². The van der Waals surface area contributed by atoms with Crippen LogP contribution in [0.3, 0.4) is 0 Å². The summed E-state index contributed by atoms with van der Waals surface area (Å²) >= 11 is 0. The molecule has 1 aliphatic rings. The summed E-state index contributed by atoms with van der Waals surface area (Å²) in [6.07, 6.45) is 5.59. The topological polar surface area (TPSA) is 3.24 Å². The third-order valence-electron chi connectivity index (χ3n) is 2.12. The highest BCUT2D eigenvalue weighted by Crippen LogP contribution is 2.16. The fourth-order valence-corrected chi connectivity index (χ4v) is 1.23. The fraction of sp³-hybridized carbons (Fsp3) is 0.556. The van der Waals surface area contributed by atoms with Gasteiger partial charge in [-0.3, -0.25) is 0 Å². The molecule has 0 aromatic rings. The number of likely N-dealkylation sites (N-methyl/N-ethyl adjacent to an activating group) is 1. The Kier molecular flexibility index (Phi) is 2.15. The van der Waals surface area contributed by atoms with E-state index >= 15 is 0 Å². The molecule has 56 valence electrons. The lowest BCUT2D eigenvalue weighted by atomic mass is 10.1. The summed E-state index contributed by atoms with van der Waals surface area (Å²) in [5.41, 5.74) is 2.89. The second-order valence-electron chi connectivity index (χ2n) is 2.75. The van der Waals surface area contributed by atoms with Gasteiger partial charge in [-0.2, -0.15) is 0 Å². The Labute approximate surface area is 63.0 Å². The molecule has 0 amide bonds. The minimum absolute atomic E-state index is 1.06. The summed E-state index contributed by atoms with van der Waals surface area (Å²) in [5, 5.41) is 0. The molecule has 0 saturated carbocycles. The van der Waals surface area contributed by atoms with Gasteiger partial charge >= 0.3 is 0 Å². The zero-order valence-electron chi connectivity index (χ0n) is 7.02. The van der Waals surface area contributed by atoms with Gasteiger partial charge in [0.25, 0.3) is 0 Å². The molecule has 0 N–H and O–H groups in total. The van der Waals surface area contributed by atoms with Crippen molar-refractivity contribution in [3.63, 3.8) is 0 Å². The average Bonchev–Trinajstić information content (AvgIpc) is 1.95. The standard InChI is InChI=1S/C9H15N/c1-4-9-6-5-7-10(3)8(9)2/h5-6H,4,7H2,1-3H3. The first-order valence-electron chi connectivity index (χ1n) is 3.83. The smallest absolute Gasteiger partial charge is 0.0356 e. The van der Waals surface area contributed by atoms with Crippen LogP contribution in [0, 0.1) is 0 Å². The highest BCUT2D eigenvalue weighted by molar-refractivity contribution is 5.27. The zero-order chi connectivity index (χ0) is 7.56. The highest BCUT2D eigenvalue weighted by Gasteiger charge is 2.05. The van der Waals surface area contributed by atoms with Gasteiger partial charge < -0.3 is 4.90 Å². The molecular formula is C9H15N. The number of nitrogens with zero attached hydrogens (tertiary/aromatic N) is 1. The van der Waals surface area contributed by atoms with Crippen molar-refractivity contribution in [3.05, 3.63) is 23.4 Å². The van der Waals surface area contributed by atoms with Crippen molar-refractivity contribution in [3.8, 4) is 0 Å². The normalized spacial score (nSPS) is 18.5. The second-order valence-corrected chi connectivity index (χ2v) is 2.75. The van der Waals surface area contributed by atoms with Crippen LogP contribution >= 0.6 is 0 Å². The van der Waals surface area contributed by atoms with Crippen molar-refractivity contribution in [2.24, 2.45) is 0 Å². The van der Waals surface area contributed by atoms with Crippen LogP contribution in [0.25, 0.3) is 0 Å². The number of allylic oxidation sites excluding steroid dienone is 3. The van der Waals surface area contributed by atoms with Crippen LogP contribution in [-0.4, -0.2) is 18.5 Å². The van der Waals surface area contributed by atoms with Crippen LogP contribution in [0.2, 0.25) is 0 Å². The van der Waals surface area contributed by atoms with E-state index in [1.807, 2.05) is 0 Å². The molecule has 0 unspecified atom stereocenters. The molecule has 0 aromatic heterocycles. The molecular weight excluding hydrogens is 122 g/mol. The van der Waals surface area contributed by atoms with E-state index in [9.17, 15) is 0 Å². The number of hydrogen-bond donors (Lipinski definition) is 0. The molecule has 0 fully saturated rings. The maximum Gasteiger partial charge on any atom is 0.0356 e.